The Balaban J connectivity index is 1.92. The lowest BCUT2D eigenvalue weighted by Crippen LogP contribution is -2.29. The van der Waals surface area contributed by atoms with Crippen molar-refractivity contribution in [1.29, 1.82) is 0 Å². The zero-order valence-electron chi connectivity index (χ0n) is 12.0. The molecule has 0 saturated heterocycles. The minimum absolute atomic E-state index is 0.105. The van der Waals surface area contributed by atoms with E-state index in [4.69, 9.17) is 4.42 Å². The number of aryl methyl sites for hydroxylation is 1. The van der Waals surface area contributed by atoms with Crippen LogP contribution in [0, 0.1) is 6.92 Å². The van der Waals surface area contributed by atoms with E-state index in [9.17, 15) is 4.79 Å². The Labute approximate surface area is 122 Å². The van der Waals surface area contributed by atoms with Crippen LogP contribution in [-0.4, -0.2) is 16.8 Å². The largest absolute Gasteiger partial charge is 0.459 e. The first-order valence-corrected chi connectivity index (χ1v) is 6.87. The van der Waals surface area contributed by atoms with Gasteiger partial charge in [-0.15, -0.1) is 0 Å². The number of nitrogens with zero attached hydrogens (tertiary/aromatic N) is 2. The minimum Gasteiger partial charge on any atom is -0.459 e. The smallest absolute Gasteiger partial charge is 0.267 e. The van der Waals surface area contributed by atoms with Crippen LogP contribution in [0.1, 0.15) is 17.4 Å². The Morgan fingerprint density at radius 3 is 2.86 bits per heavy atom. The van der Waals surface area contributed by atoms with Crippen LogP contribution in [0.25, 0.3) is 11.0 Å². The van der Waals surface area contributed by atoms with Gasteiger partial charge in [0.1, 0.15) is 11.3 Å². The van der Waals surface area contributed by atoms with Crippen LogP contribution >= 0.6 is 0 Å². The maximum Gasteiger partial charge on any atom is 0.267 e. The quantitative estimate of drug-likeness (QED) is 0.798. The molecule has 1 aromatic carbocycles. The summed E-state index contributed by atoms with van der Waals surface area (Å²) in [5.41, 5.74) is 1.60. The Hall–Kier alpha value is -2.40. The number of fused-ring (bicyclic) bond motifs is 1. The van der Waals surface area contributed by atoms with Crippen molar-refractivity contribution in [2.24, 2.45) is 0 Å². The monoisotopic (exact) mass is 283 g/mol. The molecule has 2 heterocycles. The Bertz CT molecular complexity index is 787. The fourth-order valence-electron chi connectivity index (χ4n) is 2.33. The van der Waals surface area contributed by atoms with Crippen LogP contribution in [0.5, 0.6) is 0 Å². The van der Waals surface area contributed by atoms with Gasteiger partial charge in [-0.2, -0.15) is 5.10 Å². The second-order valence-electron chi connectivity index (χ2n) is 5.08. The molecule has 21 heavy (non-hydrogen) atoms. The first kappa shape index (κ1) is 13.6. The van der Waals surface area contributed by atoms with Gasteiger partial charge in [0.05, 0.1) is 18.8 Å². The maximum absolute atomic E-state index is 11.9. The molecule has 0 aliphatic carbocycles. The summed E-state index contributed by atoms with van der Waals surface area (Å²) in [5, 5.41) is 8.40. The second-order valence-corrected chi connectivity index (χ2v) is 5.08. The van der Waals surface area contributed by atoms with E-state index in [1.807, 2.05) is 44.3 Å². The number of hydrogen-bond acceptors (Lipinski definition) is 4. The highest BCUT2D eigenvalue weighted by molar-refractivity contribution is 5.77. The van der Waals surface area contributed by atoms with Crippen molar-refractivity contribution < 1.29 is 4.42 Å². The normalized spacial score (nSPS) is 12.7. The van der Waals surface area contributed by atoms with Crippen molar-refractivity contribution in [2.45, 2.75) is 19.5 Å². The molecule has 1 unspecified atom stereocenters. The number of benzene rings is 1. The Morgan fingerprint density at radius 1 is 1.33 bits per heavy atom. The van der Waals surface area contributed by atoms with Crippen molar-refractivity contribution in [3.8, 4) is 0 Å². The van der Waals surface area contributed by atoms with Gasteiger partial charge in [-0.3, -0.25) is 4.79 Å². The molecular weight excluding hydrogens is 266 g/mol. The molecular formula is C16H17N3O2. The molecule has 5 nitrogen and oxygen atoms in total. The van der Waals surface area contributed by atoms with Gasteiger partial charge in [-0.1, -0.05) is 18.2 Å². The van der Waals surface area contributed by atoms with Crippen molar-refractivity contribution in [3.05, 3.63) is 64.3 Å². The molecule has 0 bridgehead atoms. The predicted octanol–water partition coefficient (Wildman–Crippen LogP) is 2.26. The summed E-state index contributed by atoms with van der Waals surface area (Å²) in [4.78, 5) is 11.9. The lowest BCUT2D eigenvalue weighted by molar-refractivity contribution is 0.386. The lowest BCUT2D eigenvalue weighted by Gasteiger charge is -2.14. The summed E-state index contributed by atoms with van der Waals surface area (Å²) in [6, 6.07) is 11.3. The van der Waals surface area contributed by atoms with Gasteiger partial charge in [0.2, 0.25) is 0 Å². The van der Waals surface area contributed by atoms with Gasteiger partial charge in [0.25, 0.3) is 5.56 Å². The fourth-order valence-corrected chi connectivity index (χ4v) is 2.33. The van der Waals surface area contributed by atoms with E-state index in [-0.39, 0.29) is 11.6 Å². The number of likely N-dealkylation sites (N-methyl/N-ethyl adjacent to an activating group) is 1. The molecule has 2 aromatic heterocycles. The van der Waals surface area contributed by atoms with Crippen LogP contribution in [0.3, 0.4) is 0 Å². The average Bonchev–Trinajstić information content (AvgIpc) is 2.90. The SMILES string of the molecule is CNC(Cn1ncc(C)cc1=O)c1cc2ccccc2o1. The van der Waals surface area contributed by atoms with Crippen LogP contribution < -0.4 is 10.9 Å². The number of rotatable bonds is 4. The molecule has 108 valence electrons. The molecule has 5 heteroatoms. The van der Waals surface area contributed by atoms with Crippen LogP contribution in [0.2, 0.25) is 0 Å². The van der Waals surface area contributed by atoms with Crippen molar-refractivity contribution in [1.82, 2.24) is 15.1 Å². The molecule has 0 fully saturated rings. The van der Waals surface area contributed by atoms with E-state index in [2.05, 4.69) is 10.4 Å². The highest BCUT2D eigenvalue weighted by Crippen LogP contribution is 2.24. The van der Waals surface area contributed by atoms with Gasteiger partial charge in [-0.25, -0.2) is 4.68 Å². The molecule has 1 atom stereocenters. The maximum atomic E-state index is 11.9. The summed E-state index contributed by atoms with van der Waals surface area (Å²) >= 11 is 0. The second kappa shape index (κ2) is 5.54. The first-order valence-electron chi connectivity index (χ1n) is 6.87. The molecule has 0 amide bonds. The number of para-hydroxylation sites is 1. The van der Waals surface area contributed by atoms with E-state index in [0.717, 1.165) is 22.3 Å². The van der Waals surface area contributed by atoms with Crippen LogP contribution in [0.4, 0.5) is 0 Å². The average molecular weight is 283 g/mol. The number of furan rings is 1. The first-order chi connectivity index (χ1) is 10.2. The number of nitrogens with one attached hydrogen (secondary N) is 1. The van der Waals surface area contributed by atoms with E-state index < -0.39 is 0 Å². The molecule has 0 saturated carbocycles. The summed E-state index contributed by atoms with van der Waals surface area (Å²) in [7, 11) is 1.84. The van der Waals surface area contributed by atoms with Gasteiger partial charge < -0.3 is 9.73 Å². The van der Waals surface area contributed by atoms with Crippen molar-refractivity contribution >= 4 is 11.0 Å². The highest BCUT2D eigenvalue weighted by atomic mass is 16.3. The highest BCUT2D eigenvalue weighted by Gasteiger charge is 2.16. The summed E-state index contributed by atoms with van der Waals surface area (Å²) in [6.07, 6.45) is 1.69. The van der Waals surface area contributed by atoms with E-state index in [1.165, 1.54) is 4.68 Å². The zero-order chi connectivity index (χ0) is 14.8. The van der Waals surface area contributed by atoms with E-state index in [0.29, 0.717) is 6.54 Å². The van der Waals surface area contributed by atoms with Gasteiger partial charge >= 0.3 is 0 Å². The molecule has 3 rings (SSSR count). The van der Waals surface area contributed by atoms with Gasteiger partial charge in [0, 0.05) is 11.5 Å². The van der Waals surface area contributed by atoms with Gasteiger partial charge in [0.15, 0.2) is 0 Å². The van der Waals surface area contributed by atoms with E-state index >= 15 is 0 Å². The Kier molecular flexibility index (Phi) is 3.58. The summed E-state index contributed by atoms with van der Waals surface area (Å²) in [6.45, 7) is 2.28. The standard InChI is InChI=1S/C16H17N3O2/c1-11-7-16(20)19(18-9-11)10-13(17-2)15-8-12-5-3-4-6-14(12)21-15/h3-9,13,17H,10H2,1-2H3. The van der Waals surface area contributed by atoms with Crippen molar-refractivity contribution in [3.63, 3.8) is 0 Å². The Morgan fingerprint density at radius 2 is 2.14 bits per heavy atom. The summed E-state index contributed by atoms with van der Waals surface area (Å²) in [5.74, 6) is 0.799. The minimum atomic E-state index is -0.106. The molecule has 0 radical (unpaired) electrons. The van der Waals surface area contributed by atoms with Crippen LogP contribution in [-0.2, 0) is 6.54 Å². The molecule has 3 aromatic rings. The number of hydrogen-bond donors (Lipinski definition) is 1. The number of aromatic nitrogens is 2. The lowest BCUT2D eigenvalue weighted by atomic mass is 10.2. The zero-order valence-corrected chi connectivity index (χ0v) is 12.0. The third-order valence-electron chi connectivity index (χ3n) is 3.50. The van der Waals surface area contributed by atoms with Crippen molar-refractivity contribution in [2.75, 3.05) is 7.05 Å². The molecule has 0 aliphatic heterocycles. The fraction of sp³-hybridized carbons (Fsp3) is 0.250. The van der Waals surface area contributed by atoms with E-state index in [1.54, 1.807) is 12.3 Å². The topological polar surface area (TPSA) is 60.1 Å². The molecule has 0 aliphatic rings. The third-order valence-corrected chi connectivity index (χ3v) is 3.50. The molecule has 1 N–H and O–H groups in total. The third kappa shape index (κ3) is 2.73. The van der Waals surface area contributed by atoms with Gasteiger partial charge in [-0.05, 0) is 31.7 Å². The summed E-state index contributed by atoms with van der Waals surface area (Å²) < 4.78 is 7.30. The predicted molar refractivity (Wildman–Crippen MR) is 81.2 cm³/mol. The van der Waals surface area contributed by atoms with Crippen LogP contribution in [0.15, 0.2) is 51.8 Å². The molecule has 0 spiro atoms.